The summed E-state index contributed by atoms with van der Waals surface area (Å²) in [5.41, 5.74) is 1.11. The summed E-state index contributed by atoms with van der Waals surface area (Å²) >= 11 is 0. The number of rotatable bonds is 1. The highest BCUT2D eigenvalue weighted by molar-refractivity contribution is 5.15. The fourth-order valence-electron chi connectivity index (χ4n) is 1.17. The van der Waals surface area contributed by atoms with Gasteiger partial charge in [0.2, 0.25) is 0 Å². The van der Waals surface area contributed by atoms with E-state index < -0.39 is 0 Å². The first kappa shape index (κ1) is 5.96. The van der Waals surface area contributed by atoms with E-state index in [9.17, 15) is 0 Å². The molecule has 1 aromatic heterocycles. The lowest BCUT2D eigenvalue weighted by molar-refractivity contribution is 0.641. The van der Waals surface area contributed by atoms with Crippen molar-refractivity contribution in [2.75, 3.05) is 0 Å². The average molecular weight is 135 g/mol. The third kappa shape index (κ3) is 0.838. The molecule has 0 aromatic carbocycles. The Morgan fingerprint density at radius 1 is 1.60 bits per heavy atom. The molecule has 1 atom stereocenters. The van der Waals surface area contributed by atoms with Crippen molar-refractivity contribution in [1.29, 1.82) is 0 Å². The molecule has 0 amide bonds. The van der Waals surface area contributed by atoms with E-state index in [0.29, 0.717) is 6.04 Å². The standard InChI is InChI=1S/C8H11N2/c1-6-5-8(6)10-4-3-7(2)9-10/h3-4,8H,5H2,1-2H3. The quantitative estimate of drug-likeness (QED) is 0.573. The van der Waals surface area contributed by atoms with Crippen LogP contribution in [0.3, 0.4) is 0 Å². The van der Waals surface area contributed by atoms with E-state index in [-0.39, 0.29) is 0 Å². The lowest BCUT2D eigenvalue weighted by Gasteiger charge is -1.94. The summed E-state index contributed by atoms with van der Waals surface area (Å²) in [6.07, 6.45) is 3.28. The summed E-state index contributed by atoms with van der Waals surface area (Å²) < 4.78 is 2.05. The molecule has 2 nitrogen and oxygen atoms in total. The molecule has 1 saturated carbocycles. The van der Waals surface area contributed by atoms with Crippen molar-refractivity contribution in [1.82, 2.24) is 9.78 Å². The first-order valence-corrected chi connectivity index (χ1v) is 3.61. The molecule has 1 heterocycles. The monoisotopic (exact) mass is 135 g/mol. The Morgan fingerprint density at radius 2 is 2.30 bits per heavy atom. The summed E-state index contributed by atoms with van der Waals surface area (Å²) in [6.45, 7) is 4.20. The van der Waals surface area contributed by atoms with E-state index in [2.05, 4.69) is 18.2 Å². The molecule has 2 rings (SSSR count). The molecule has 1 fully saturated rings. The number of aromatic nitrogens is 2. The minimum atomic E-state index is 0.619. The van der Waals surface area contributed by atoms with E-state index in [0.717, 1.165) is 5.69 Å². The van der Waals surface area contributed by atoms with Gasteiger partial charge in [-0.25, -0.2) is 0 Å². The smallest absolute Gasteiger partial charge is 0.0593 e. The molecule has 1 aliphatic carbocycles. The maximum Gasteiger partial charge on any atom is 0.0593 e. The van der Waals surface area contributed by atoms with Crippen LogP contribution in [0.25, 0.3) is 0 Å². The number of nitrogens with zero attached hydrogens (tertiary/aromatic N) is 2. The van der Waals surface area contributed by atoms with Gasteiger partial charge in [-0.05, 0) is 25.3 Å². The lowest BCUT2D eigenvalue weighted by Crippen LogP contribution is -1.95. The van der Waals surface area contributed by atoms with Gasteiger partial charge in [0, 0.05) is 6.20 Å². The van der Waals surface area contributed by atoms with Gasteiger partial charge in [0.25, 0.3) is 0 Å². The maximum absolute atomic E-state index is 4.32. The highest BCUT2D eigenvalue weighted by Crippen LogP contribution is 2.44. The Balaban J connectivity index is 2.20. The van der Waals surface area contributed by atoms with E-state index in [1.807, 2.05) is 17.7 Å². The Morgan fingerprint density at radius 3 is 2.70 bits per heavy atom. The van der Waals surface area contributed by atoms with Gasteiger partial charge in [-0.2, -0.15) is 5.10 Å². The number of aryl methyl sites for hydroxylation is 1. The average Bonchev–Trinajstić information content (AvgIpc) is 2.42. The topological polar surface area (TPSA) is 17.8 Å². The predicted molar refractivity (Wildman–Crippen MR) is 39.5 cm³/mol. The molecule has 0 spiro atoms. The van der Waals surface area contributed by atoms with Crippen LogP contribution in [0.15, 0.2) is 12.3 Å². The summed E-state index contributed by atoms with van der Waals surface area (Å²) in [5.74, 6) is 1.54. The van der Waals surface area contributed by atoms with Crippen LogP contribution in [0.4, 0.5) is 0 Å². The van der Waals surface area contributed by atoms with E-state index in [4.69, 9.17) is 0 Å². The van der Waals surface area contributed by atoms with Crippen molar-refractivity contribution in [2.24, 2.45) is 0 Å². The van der Waals surface area contributed by atoms with Crippen LogP contribution < -0.4 is 0 Å². The lowest BCUT2D eigenvalue weighted by atomic mass is 10.5. The molecule has 0 bridgehead atoms. The van der Waals surface area contributed by atoms with Gasteiger partial charge < -0.3 is 0 Å². The summed E-state index contributed by atoms with van der Waals surface area (Å²) in [4.78, 5) is 0. The second kappa shape index (κ2) is 1.84. The zero-order chi connectivity index (χ0) is 7.14. The van der Waals surface area contributed by atoms with Crippen molar-refractivity contribution in [3.8, 4) is 0 Å². The summed E-state index contributed by atoms with van der Waals surface area (Å²) in [5, 5.41) is 4.32. The highest BCUT2D eigenvalue weighted by atomic mass is 15.3. The Bertz CT molecular complexity index is 239. The van der Waals surface area contributed by atoms with Crippen LogP contribution in [0.1, 0.15) is 25.1 Å². The predicted octanol–water partition coefficient (Wildman–Crippen LogP) is 1.73. The third-order valence-corrected chi connectivity index (χ3v) is 1.99. The molecule has 1 aromatic rings. The molecule has 2 heteroatoms. The van der Waals surface area contributed by atoms with Gasteiger partial charge in [-0.15, -0.1) is 0 Å². The van der Waals surface area contributed by atoms with Gasteiger partial charge in [-0.1, -0.05) is 6.92 Å². The summed E-state index contributed by atoms with van der Waals surface area (Å²) in [7, 11) is 0. The van der Waals surface area contributed by atoms with Crippen molar-refractivity contribution in [3.63, 3.8) is 0 Å². The van der Waals surface area contributed by atoms with E-state index in [1.54, 1.807) is 5.92 Å². The number of hydrogen-bond acceptors (Lipinski definition) is 1. The van der Waals surface area contributed by atoms with Crippen LogP contribution in [0.5, 0.6) is 0 Å². The minimum absolute atomic E-state index is 0.619. The molecule has 53 valence electrons. The van der Waals surface area contributed by atoms with E-state index in [1.165, 1.54) is 6.42 Å². The molecule has 1 aliphatic rings. The second-order valence-corrected chi connectivity index (χ2v) is 3.00. The Labute approximate surface area is 60.9 Å². The molecule has 0 aliphatic heterocycles. The zero-order valence-corrected chi connectivity index (χ0v) is 6.33. The van der Waals surface area contributed by atoms with Crippen LogP contribution in [0.2, 0.25) is 0 Å². The molecule has 0 N–H and O–H groups in total. The molecular weight excluding hydrogens is 124 g/mol. The minimum Gasteiger partial charge on any atom is -0.269 e. The SMILES string of the molecule is C[C]1CC1n1ccc(C)n1. The normalized spacial score (nSPS) is 25.2. The van der Waals surface area contributed by atoms with Crippen LogP contribution in [-0.4, -0.2) is 9.78 Å². The van der Waals surface area contributed by atoms with E-state index >= 15 is 0 Å². The molecule has 0 saturated heterocycles. The highest BCUT2D eigenvalue weighted by Gasteiger charge is 2.35. The van der Waals surface area contributed by atoms with Gasteiger partial charge in [0.15, 0.2) is 0 Å². The fraction of sp³-hybridized carbons (Fsp3) is 0.500. The Hall–Kier alpha value is -0.790. The second-order valence-electron chi connectivity index (χ2n) is 3.00. The van der Waals surface area contributed by atoms with Gasteiger partial charge >= 0.3 is 0 Å². The first-order chi connectivity index (χ1) is 4.77. The number of hydrogen-bond donors (Lipinski definition) is 0. The maximum atomic E-state index is 4.32. The molecule has 10 heavy (non-hydrogen) atoms. The van der Waals surface area contributed by atoms with Crippen molar-refractivity contribution in [3.05, 3.63) is 23.9 Å². The molecule has 1 unspecified atom stereocenters. The third-order valence-electron chi connectivity index (χ3n) is 1.99. The molecular formula is C8H11N2. The zero-order valence-electron chi connectivity index (χ0n) is 6.33. The Kier molecular flexibility index (Phi) is 1.10. The van der Waals surface area contributed by atoms with Crippen molar-refractivity contribution >= 4 is 0 Å². The van der Waals surface area contributed by atoms with Gasteiger partial charge in [0.05, 0.1) is 11.7 Å². The largest absolute Gasteiger partial charge is 0.269 e. The van der Waals surface area contributed by atoms with Crippen molar-refractivity contribution in [2.45, 2.75) is 26.3 Å². The molecule has 1 radical (unpaired) electrons. The van der Waals surface area contributed by atoms with Crippen LogP contribution in [0, 0.1) is 12.8 Å². The first-order valence-electron chi connectivity index (χ1n) is 3.61. The summed E-state index contributed by atoms with van der Waals surface area (Å²) in [6, 6.07) is 2.67. The van der Waals surface area contributed by atoms with Crippen molar-refractivity contribution < 1.29 is 0 Å². The van der Waals surface area contributed by atoms with Crippen LogP contribution >= 0.6 is 0 Å². The fourth-order valence-corrected chi connectivity index (χ4v) is 1.17. The van der Waals surface area contributed by atoms with Gasteiger partial charge in [-0.3, -0.25) is 4.68 Å². The van der Waals surface area contributed by atoms with Crippen LogP contribution in [-0.2, 0) is 0 Å². The van der Waals surface area contributed by atoms with Gasteiger partial charge in [0.1, 0.15) is 0 Å².